The van der Waals surface area contributed by atoms with Crippen molar-refractivity contribution in [3.05, 3.63) is 83.2 Å². The lowest BCUT2D eigenvalue weighted by Crippen LogP contribution is -2.34. The van der Waals surface area contributed by atoms with Crippen LogP contribution in [0, 0.1) is 12.7 Å². The standard InChI is InChI=1S/C25H27FN4O2/c1-17-20(25(31)29-21-7-3-4-9-23(21)32-2)15-27-24(28-17)22-8-5-6-14-30(22)16-18-10-12-19(26)13-11-18/h3-4,7,9-13,15,22H,5-6,8,14,16H2,1-2H3,(H,29,31). The molecule has 0 spiro atoms. The van der Waals surface area contributed by atoms with Crippen LogP contribution in [-0.4, -0.2) is 34.4 Å². The first-order valence-corrected chi connectivity index (χ1v) is 10.8. The summed E-state index contributed by atoms with van der Waals surface area (Å²) in [6, 6.07) is 13.9. The molecule has 1 saturated heterocycles. The molecule has 1 atom stereocenters. The summed E-state index contributed by atoms with van der Waals surface area (Å²) in [6.07, 6.45) is 4.76. The third-order valence-corrected chi connectivity index (χ3v) is 5.81. The first-order chi connectivity index (χ1) is 15.5. The van der Waals surface area contributed by atoms with E-state index in [2.05, 4.69) is 15.2 Å². The zero-order valence-corrected chi connectivity index (χ0v) is 18.3. The van der Waals surface area contributed by atoms with Gasteiger partial charge >= 0.3 is 0 Å². The van der Waals surface area contributed by atoms with Crippen LogP contribution in [0.15, 0.2) is 54.7 Å². The molecule has 1 aliphatic rings. The molecule has 1 aliphatic heterocycles. The summed E-state index contributed by atoms with van der Waals surface area (Å²) in [5, 5.41) is 2.88. The number of benzene rings is 2. The molecule has 2 heterocycles. The molecule has 3 aromatic rings. The molecule has 0 saturated carbocycles. The molecular weight excluding hydrogens is 407 g/mol. The average molecular weight is 435 g/mol. The maximum atomic E-state index is 13.3. The molecule has 166 valence electrons. The SMILES string of the molecule is COc1ccccc1NC(=O)c1cnc(C2CCCCN2Cc2ccc(F)cc2)nc1C. The van der Waals surface area contributed by atoms with E-state index in [-0.39, 0.29) is 17.8 Å². The highest BCUT2D eigenvalue weighted by atomic mass is 19.1. The van der Waals surface area contributed by atoms with Gasteiger partial charge < -0.3 is 10.1 Å². The number of aromatic nitrogens is 2. The Labute approximate surface area is 187 Å². The van der Waals surface area contributed by atoms with E-state index in [0.29, 0.717) is 29.2 Å². The van der Waals surface area contributed by atoms with E-state index in [1.54, 1.807) is 25.4 Å². The van der Waals surface area contributed by atoms with E-state index in [1.807, 2.05) is 31.2 Å². The number of rotatable bonds is 6. The lowest BCUT2D eigenvalue weighted by atomic mass is 10.00. The topological polar surface area (TPSA) is 67.3 Å². The van der Waals surface area contributed by atoms with Gasteiger partial charge in [0, 0.05) is 12.7 Å². The Kier molecular flexibility index (Phi) is 6.75. The molecule has 4 rings (SSSR count). The van der Waals surface area contributed by atoms with E-state index in [4.69, 9.17) is 9.72 Å². The summed E-state index contributed by atoms with van der Waals surface area (Å²) in [5.41, 5.74) is 2.72. The van der Waals surface area contributed by atoms with Gasteiger partial charge in [-0.3, -0.25) is 9.69 Å². The van der Waals surface area contributed by atoms with Crippen LogP contribution in [-0.2, 0) is 6.54 Å². The smallest absolute Gasteiger partial charge is 0.259 e. The molecule has 1 fully saturated rings. The Morgan fingerprint density at radius 1 is 1.19 bits per heavy atom. The van der Waals surface area contributed by atoms with Crippen LogP contribution in [0.2, 0.25) is 0 Å². The minimum atomic E-state index is -0.273. The quantitative estimate of drug-likeness (QED) is 0.597. The molecule has 1 unspecified atom stereocenters. The number of carbonyl (C=O) groups is 1. The molecule has 2 aromatic carbocycles. The van der Waals surface area contributed by atoms with Gasteiger partial charge in [0.1, 0.15) is 17.4 Å². The number of amides is 1. The van der Waals surface area contributed by atoms with Gasteiger partial charge in [0.15, 0.2) is 0 Å². The number of nitrogens with zero attached hydrogens (tertiary/aromatic N) is 3. The van der Waals surface area contributed by atoms with Crippen molar-refractivity contribution in [2.75, 3.05) is 19.0 Å². The number of para-hydroxylation sites is 2. The van der Waals surface area contributed by atoms with Crippen molar-refractivity contribution < 1.29 is 13.9 Å². The molecule has 0 radical (unpaired) electrons. The third-order valence-electron chi connectivity index (χ3n) is 5.81. The van der Waals surface area contributed by atoms with Gasteiger partial charge in [-0.1, -0.05) is 30.7 Å². The fourth-order valence-electron chi connectivity index (χ4n) is 4.10. The number of anilines is 1. The van der Waals surface area contributed by atoms with Gasteiger partial charge in [0.05, 0.1) is 30.1 Å². The number of nitrogens with one attached hydrogen (secondary N) is 1. The van der Waals surface area contributed by atoms with Crippen LogP contribution in [0.25, 0.3) is 0 Å². The number of likely N-dealkylation sites (tertiary alicyclic amines) is 1. The molecular formula is C25H27FN4O2. The number of hydrogen-bond donors (Lipinski definition) is 1. The Bertz CT molecular complexity index is 1090. The second-order valence-corrected chi connectivity index (χ2v) is 7.99. The van der Waals surface area contributed by atoms with Crippen molar-refractivity contribution in [2.45, 2.75) is 38.8 Å². The van der Waals surface area contributed by atoms with Crippen LogP contribution < -0.4 is 10.1 Å². The van der Waals surface area contributed by atoms with Crippen LogP contribution in [0.4, 0.5) is 10.1 Å². The Morgan fingerprint density at radius 2 is 1.97 bits per heavy atom. The molecule has 1 N–H and O–H groups in total. The maximum Gasteiger partial charge on any atom is 0.259 e. The van der Waals surface area contributed by atoms with Gasteiger partial charge in [-0.15, -0.1) is 0 Å². The van der Waals surface area contributed by atoms with Crippen molar-refractivity contribution in [2.24, 2.45) is 0 Å². The molecule has 1 amide bonds. The van der Waals surface area contributed by atoms with E-state index in [9.17, 15) is 9.18 Å². The van der Waals surface area contributed by atoms with E-state index in [1.165, 1.54) is 12.1 Å². The number of aryl methyl sites for hydroxylation is 1. The van der Waals surface area contributed by atoms with Gasteiger partial charge in [-0.2, -0.15) is 0 Å². The van der Waals surface area contributed by atoms with E-state index < -0.39 is 0 Å². The monoisotopic (exact) mass is 434 g/mol. The second-order valence-electron chi connectivity index (χ2n) is 7.99. The minimum Gasteiger partial charge on any atom is -0.495 e. The predicted molar refractivity (Wildman–Crippen MR) is 121 cm³/mol. The Morgan fingerprint density at radius 3 is 2.72 bits per heavy atom. The van der Waals surface area contributed by atoms with Crippen molar-refractivity contribution >= 4 is 11.6 Å². The highest BCUT2D eigenvalue weighted by Crippen LogP contribution is 2.31. The van der Waals surface area contributed by atoms with Crippen LogP contribution in [0.5, 0.6) is 5.75 Å². The fourth-order valence-corrected chi connectivity index (χ4v) is 4.10. The molecule has 0 bridgehead atoms. The lowest BCUT2D eigenvalue weighted by Gasteiger charge is -2.34. The summed E-state index contributed by atoms with van der Waals surface area (Å²) < 4.78 is 18.6. The van der Waals surface area contributed by atoms with Crippen molar-refractivity contribution in [3.8, 4) is 5.75 Å². The number of hydrogen-bond acceptors (Lipinski definition) is 5. The number of ether oxygens (including phenoxy) is 1. The van der Waals surface area contributed by atoms with Crippen LogP contribution >= 0.6 is 0 Å². The Hall–Kier alpha value is -3.32. The summed E-state index contributed by atoms with van der Waals surface area (Å²) in [6.45, 7) is 3.47. The number of methoxy groups -OCH3 is 1. The summed E-state index contributed by atoms with van der Waals surface area (Å²) >= 11 is 0. The molecule has 32 heavy (non-hydrogen) atoms. The number of halogens is 1. The fraction of sp³-hybridized carbons (Fsp3) is 0.320. The average Bonchev–Trinajstić information content (AvgIpc) is 2.81. The normalized spacial score (nSPS) is 16.5. The van der Waals surface area contributed by atoms with Gasteiger partial charge in [0.2, 0.25) is 0 Å². The molecule has 1 aromatic heterocycles. The first kappa shape index (κ1) is 21.9. The third kappa shape index (κ3) is 4.94. The maximum absolute atomic E-state index is 13.3. The Balaban J connectivity index is 1.52. The van der Waals surface area contributed by atoms with Crippen molar-refractivity contribution in [1.29, 1.82) is 0 Å². The highest BCUT2D eigenvalue weighted by Gasteiger charge is 2.27. The number of carbonyl (C=O) groups excluding carboxylic acids is 1. The lowest BCUT2D eigenvalue weighted by molar-refractivity contribution is 0.102. The van der Waals surface area contributed by atoms with Crippen molar-refractivity contribution in [1.82, 2.24) is 14.9 Å². The molecule has 0 aliphatic carbocycles. The summed E-state index contributed by atoms with van der Waals surface area (Å²) in [4.78, 5) is 24.4. The highest BCUT2D eigenvalue weighted by molar-refractivity contribution is 6.05. The zero-order chi connectivity index (χ0) is 22.5. The van der Waals surface area contributed by atoms with Crippen molar-refractivity contribution in [3.63, 3.8) is 0 Å². The second kappa shape index (κ2) is 9.87. The van der Waals surface area contributed by atoms with E-state index in [0.717, 1.165) is 37.2 Å². The van der Waals surface area contributed by atoms with Gasteiger partial charge in [0.25, 0.3) is 5.91 Å². The molecule has 6 nitrogen and oxygen atoms in total. The first-order valence-electron chi connectivity index (χ1n) is 10.8. The van der Waals surface area contributed by atoms with Crippen LogP contribution in [0.3, 0.4) is 0 Å². The summed E-state index contributed by atoms with van der Waals surface area (Å²) in [7, 11) is 1.57. The largest absolute Gasteiger partial charge is 0.495 e. The minimum absolute atomic E-state index is 0.0684. The van der Waals surface area contributed by atoms with Crippen LogP contribution in [0.1, 0.15) is 52.7 Å². The van der Waals surface area contributed by atoms with E-state index >= 15 is 0 Å². The summed E-state index contributed by atoms with van der Waals surface area (Å²) in [5.74, 6) is 0.808. The van der Waals surface area contributed by atoms with Gasteiger partial charge in [-0.05, 0) is 56.1 Å². The number of piperidine rings is 1. The predicted octanol–water partition coefficient (Wildman–Crippen LogP) is 4.91. The molecule has 7 heteroatoms. The zero-order valence-electron chi connectivity index (χ0n) is 18.3. The van der Waals surface area contributed by atoms with Gasteiger partial charge in [-0.25, -0.2) is 14.4 Å².